The Morgan fingerprint density at radius 2 is 1.81 bits per heavy atom. The first kappa shape index (κ1) is 21.2. The number of amides is 5. The summed E-state index contributed by atoms with van der Waals surface area (Å²) in [6.45, 7) is 1.77. The predicted octanol–water partition coefficient (Wildman–Crippen LogP) is 0.563. The Hall–Kier alpha value is -3.07. The molecule has 31 heavy (non-hydrogen) atoms. The predicted molar refractivity (Wildman–Crippen MR) is 108 cm³/mol. The number of imide groups is 2. The SMILES string of the molecule is O=C1CCC(N2C(=O)c3ccc(CCCNC(=O)C4CCOCC4)cc3C2=O)C(=O)N1. The van der Waals surface area contributed by atoms with Gasteiger partial charge in [0.05, 0.1) is 11.1 Å². The van der Waals surface area contributed by atoms with E-state index in [9.17, 15) is 24.0 Å². The van der Waals surface area contributed by atoms with Gasteiger partial charge in [0, 0.05) is 32.1 Å². The fourth-order valence-corrected chi connectivity index (χ4v) is 4.28. The first-order valence-electron chi connectivity index (χ1n) is 10.7. The van der Waals surface area contributed by atoms with E-state index in [0.29, 0.717) is 32.6 Å². The van der Waals surface area contributed by atoms with Gasteiger partial charge in [-0.1, -0.05) is 6.07 Å². The Balaban J connectivity index is 1.34. The van der Waals surface area contributed by atoms with E-state index in [-0.39, 0.29) is 35.8 Å². The van der Waals surface area contributed by atoms with Crippen molar-refractivity contribution < 1.29 is 28.7 Å². The van der Waals surface area contributed by atoms with Crippen LogP contribution in [0.15, 0.2) is 18.2 Å². The molecule has 3 heterocycles. The molecule has 0 radical (unpaired) electrons. The summed E-state index contributed by atoms with van der Waals surface area (Å²) in [5.41, 5.74) is 1.43. The summed E-state index contributed by atoms with van der Waals surface area (Å²) in [6, 6.07) is 4.12. The number of hydrogen-bond donors (Lipinski definition) is 2. The van der Waals surface area contributed by atoms with Crippen LogP contribution in [0.4, 0.5) is 0 Å². The Morgan fingerprint density at radius 3 is 2.55 bits per heavy atom. The third-order valence-electron chi connectivity index (χ3n) is 6.04. The van der Waals surface area contributed by atoms with E-state index in [1.54, 1.807) is 18.2 Å². The van der Waals surface area contributed by atoms with Crippen LogP contribution in [0.25, 0.3) is 0 Å². The molecule has 1 atom stereocenters. The van der Waals surface area contributed by atoms with E-state index in [2.05, 4.69) is 10.6 Å². The van der Waals surface area contributed by atoms with Gasteiger partial charge in [0.1, 0.15) is 6.04 Å². The Labute approximate surface area is 179 Å². The lowest BCUT2D eigenvalue weighted by Crippen LogP contribution is -2.54. The average Bonchev–Trinajstić information content (AvgIpc) is 3.02. The fourth-order valence-electron chi connectivity index (χ4n) is 4.28. The van der Waals surface area contributed by atoms with Gasteiger partial charge in [0.2, 0.25) is 17.7 Å². The fraction of sp³-hybridized carbons (Fsp3) is 0.500. The van der Waals surface area contributed by atoms with Crippen molar-refractivity contribution in [1.82, 2.24) is 15.5 Å². The molecule has 4 rings (SSSR count). The molecule has 3 aliphatic heterocycles. The Morgan fingerprint density at radius 1 is 1.06 bits per heavy atom. The van der Waals surface area contributed by atoms with Crippen molar-refractivity contribution >= 4 is 29.5 Å². The lowest BCUT2D eigenvalue weighted by atomic mass is 9.99. The van der Waals surface area contributed by atoms with Crippen molar-refractivity contribution in [3.05, 3.63) is 34.9 Å². The average molecular weight is 427 g/mol. The molecule has 9 heteroatoms. The van der Waals surface area contributed by atoms with Crippen LogP contribution in [0, 0.1) is 5.92 Å². The number of aryl methyl sites for hydroxylation is 1. The summed E-state index contributed by atoms with van der Waals surface area (Å²) >= 11 is 0. The highest BCUT2D eigenvalue weighted by molar-refractivity contribution is 6.23. The molecule has 0 saturated carbocycles. The normalized spacial score (nSPS) is 21.8. The number of benzene rings is 1. The maximum Gasteiger partial charge on any atom is 0.262 e. The second-order valence-corrected chi connectivity index (χ2v) is 8.11. The number of rotatable bonds is 6. The van der Waals surface area contributed by atoms with E-state index >= 15 is 0 Å². The highest BCUT2D eigenvalue weighted by Crippen LogP contribution is 2.28. The van der Waals surface area contributed by atoms with Gasteiger partial charge in [0.15, 0.2) is 0 Å². The Bertz CT molecular complexity index is 937. The maximum absolute atomic E-state index is 12.9. The highest BCUT2D eigenvalue weighted by Gasteiger charge is 2.44. The standard InChI is InChI=1S/C22H25N3O6/c26-18-6-5-17(20(28)24-18)25-21(29)15-4-3-13(12-16(15)22(25)30)2-1-9-23-19(27)14-7-10-31-11-8-14/h3-4,12,14,17H,1-2,5-11H2,(H,23,27)(H,24,26,28). The largest absolute Gasteiger partial charge is 0.381 e. The third kappa shape index (κ3) is 4.36. The van der Waals surface area contributed by atoms with Crippen LogP contribution < -0.4 is 10.6 Å². The first-order valence-corrected chi connectivity index (χ1v) is 10.7. The minimum absolute atomic E-state index is 0.00985. The number of fused-ring (bicyclic) bond motifs is 1. The molecule has 0 spiro atoms. The van der Waals surface area contributed by atoms with Crippen LogP contribution in [0.1, 0.15) is 58.4 Å². The van der Waals surface area contributed by atoms with Crippen LogP contribution in [-0.2, 0) is 25.5 Å². The van der Waals surface area contributed by atoms with E-state index in [0.717, 1.165) is 23.3 Å². The van der Waals surface area contributed by atoms with Crippen molar-refractivity contribution in [2.45, 2.75) is 44.6 Å². The van der Waals surface area contributed by atoms with Crippen LogP contribution in [-0.4, -0.2) is 60.2 Å². The minimum Gasteiger partial charge on any atom is -0.381 e. The smallest absolute Gasteiger partial charge is 0.262 e. The molecule has 0 bridgehead atoms. The molecular formula is C22H25N3O6. The zero-order chi connectivity index (χ0) is 22.0. The number of carbonyl (C=O) groups is 5. The van der Waals surface area contributed by atoms with Gasteiger partial charge >= 0.3 is 0 Å². The van der Waals surface area contributed by atoms with Gasteiger partial charge in [-0.05, 0) is 49.8 Å². The van der Waals surface area contributed by atoms with Crippen molar-refractivity contribution in [3.8, 4) is 0 Å². The van der Waals surface area contributed by atoms with Crippen molar-refractivity contribution in [3.63, 3.8) is 0 Å². The van der Waals surface area contributed by atoms with Gasteiger partial charge in [-0.25, -0.2) is 0 Å². The van der Waals surface area contributed by atoms with E-state index in [4.69, 9.17) is 4.74 Å². The van der Waals surface area contributed by atoms with E-state index in [1.165, 1.54) is 0 Å². The quantitative estimate of drug-likeness (QED) is 0.505. The lowest BCUT2D eigenvalue weighted by Gasteiger charge is -2.27. The minimum atomic E-state index is -0.964. The highest BCUT2D eigenvalue weighted by atomic mass is 16.5. The van der Waals surface area contributed by atoms with Crippen LogP contribution in [0.2, 0.25) is 0 Å². The molecule has 2 saturated heterocycles. The molecule has 9 nitrogen and oxygen atoms in total. The summed E-state index contributed by atoms with van der Waals surface area (Å²) in [6.07, 6.45) is 3.06. The summed E-state index contributed by atoms with van der Waals surface area (Å²) < 4.78 is 5.27. The van der Waals surface area contributed by atoms with Gasteiger partial charge in [-0.15, -0.1) is 0 Å². The van der Waals surface area contributed by atoms with E-state index < -0.39 is 29.7 Å². The summed E-state index contributed by atoms with van der Waals surface area (Å²) in [7, 11) is 0. The second kappa shape index (κ2) is 8.97. The summed E-state index contributed by atoms with van der Waals surface area (Å²) in [5.74, 6) is -1.97. The molecule has 164 valence electrons. The molecular weight excluding hydrogens is 402 g/mol. The van der Waals surface area contributed by atoms with Gasteiger partial charge in [0.25, 0.3) is 11.8 Å². The zero-order valence-electron chi connectivity index (χ0n) is 17.1. The van der Waals surface area contributed by atoms with Crippen molar-refractivity contribution in [2.75, 3.05) is 19.8 Å². The molecule has 0 aromatic heterocycles. The second-order valence-electron chi connectivity index (χ2n) is 8.11. The number of ether oxygens (including phenoxy) is 1. The van der Waals surface area contributed by atoms with Crippen LogP contribution >= 0.6 is 0 Å². The van der Waals surface area contributed by atoms with Gasteiger partial charge in [-0.2, -0.15) is 0 Å². The number of piperidine rings is 1. The van der Waals surface area contributed by atoms with Crippen LogP contribution in [0.5, 0.6) is 0 Å². The van der Waals surface area contributed by atoms with Crippen LogP contribution in [0.3, 0.4) is 0 Å². The molecule has 0 aliphatic carbocycles. The van der Waals surface area contributed by atoms with Gasteiger partial charge < -0.3 is 10.1 Å². The molecule has 1 unspecified atom stereocenters. The first-order chi connectivity index (χ1) is 15.0. The lowest BCUT2D eigenvalue weighted by molar-refractivity contribution is -0.136. The summed E-state index contributed by atoms with van der Waals surface area (Å²) in [4.78, 5) is 62.2. The maximum atomic E-state index is 12.9. The molecule has 5 amide bonds. The van der Waals surface area contributed by atoms with Crippen molar-refractivity contribution in [1.29, 1.82) is 0 Å². The number of carbonyl (C=O) groups excluding carboxylic acids is 5. The van der Waals surface area contributed by atoms with Crippen molar-refractivity contribution in [2.24, 2.45) is 5.92 Å². The molecule has 1 aromatic rings. The topological polar surface area (TPSA) is 122 Å². The Kier molecular flexibility index (Phi) is 6.13. The zero-order valence-corrected chi connectivity index (χ0v) is 17.1. The number of nitrogens with zero attached hydrogens (tertiary/aromatic N) is 1. The van der Waals surface area contributed by atoms with E-state index in [1.807, 2.05) is 0 Å². The van der Waals surface area contributed by atoms with Gasteiger partial charge in [-0.3, -0.25) is 34.2 Å². The number of hydrogen-bond acceptors (Lipinski definition) is 6. The molecule has 2 fully saturated rings. The molecule has 2 N–H and O–H groups in total. The number of nitrogens with one attached hydrogen (secondary N) is 2. The summed E-state index contributed by atoms with van der Waals surface area (Å²) in [5, 5.41) is 5.14. The molecule has 3 aliphatic rings. The third-order valence-corrected chi connectivity index (χ3v) is 6.04. The molecule has 1 aromatic carbocycles. The monoisotopic (exact) mass is 427 g/mol.